The Balaban J connectivity index is 1.61. The first-order chi connectivity index (χ1) is 17.7. The molecule has 3 aromatic rings. The SMILES string of the molecule is COC(C(=O)OC1CN(Cc2ccccc2)CCC1Cc1ccc(C)cc1)(c1ccccc1)C(F)(F)F. The number of hydrogen-bond donors (Lipinski definition) is 0. The molecule has 0 N–H and O–H groups in total. The monoisotopic (exact) mass is 511 g/mol. The van der Waals surface area contributed by atoms with Gasteiger partial charge in [0.05, 0.1) is 0 Å². The average molecular weight is 512 g/mol. The Kier molecular flexibility index (Phi) is 8.35. The molecule has 3 unspecified atom stereocenters. The Morgan fingerprint density at radius 1 is 0.919 bits per heavy atom. The lowest BCUT2D eigenvalue weighted by Crippen LogP contribution is -2.55. The Bertz CT molecular complexity index is 1150. The standard InChI is InChI=1S/C30H32F3NO3/c1-22-13-15-23(16-14-22)19-25-17-18-34(20-24-9-5-3-6-10-24)21-27(25)37-28(35)29(36-2,30(31,32)33)26-11-7-4-8-12-26/h3-16,25,27H,17-21H2,1-2H3. The summed E-state index contributed by atoms with van der Waals surface area (Å²) in [7, 11) is 0.897. The van der Waals surface area contributed by atoms with Gasteiger partial charge in [0, 0.05) is 31.7 Å². The summed E-state index contributed by atoms with van der Waals surface area (Å²) in [5.41, 5.74) is -0.227. The van der Waals surface area contributed by atoms with E-state index in [2.05, 4.69) is 4.90 Å². The van der Waals surface area contributed by atoms with Gasteiger partial charge in [0.25, 0.3) is 5.60 Å². The third-order valence-electron chi connectivity index (χ3n) is 7.08. The van der Waals surface area contributed by atoms with Gasteiger partial charge in [0.15, 0.2) is 0 Å². The molecule has 4 rings (SSSR count). The molecule has 0 spiro atoms. The summed E-state index contributed by atoms with van der Waals surface area (Å²) in [6, 6.07) is 24.9. The van der Waals surface area contributed by atoms with Crippen LogP contribution >= 0.6 is 0 Å². The second kappa shape index (κ2) is 11.5. The smallest absolute Gasteiger partial charge is 0.432 e. The molecule has 3 aromatic carbocycles. The molecule has 4 nitrogen and oxygen atoms in total. The second-order valence-electron chi connectivity index (χ2n) is 9.65. The zero-order valence-corrected chi connectivity index (χ0v) is 21.1. The van der Waals surface area contributed by atoms with E-state index in [9.17, 15) is 18.0 Å². The number of carbonyl (C=O) groups is 1. The number of piperidine rings is 1. The summed E-state index contributed by atoms with van der Waals surface area (Å²) in [6.07, 6.45) is -4.44. The number of nitrogens with zero attached hydrogens (tertiary/aromatic N) is 1. The maximum absolute atomic E-state index is 14.5. The van der Waals surface area contributed by atoms with E-state index in [0.717, 1.165) is 30.3 Å². The predicted molar refractivity (Wildman–Crippen MR) is 136 cm³/mol. The molecule has 0 radical (unpaired) electrons. The summed E-state index contributed by atoms with van der Waals surface area (Å²) in [6.45, 7) is 3.72. The van der Waals surface area contributed by atoms with Gasteiger partial charge in [0.1, 0.15) is 6.10 Å². The van der Waals surface area contributed by atoms with Gasteiger partial charge in [-0.15, -0.1) is 0 Å². The van der Waals surface area contributed by atoms with E-state index in [4.69, 9.17) is 9.47 Å². The normalized spacial score (nSPS) is 20.2. The molecule has 0 saturated carbocycles. The molecule has 0 amide bonds. The van der Waals surface area contributed by atoms with E-state index in [-0.39, 0.29) is 11.5 Å². The minimum atomic E-state index is -5.01. The molecule has 196 valence electrons. The van der Waals surface area contributed by atoms with E-state index in [1.165, 1.54) is 24.3 Å². The van der Waals surface area contributed by atoms with Gasteiger partial charge < -0.3 is 9.47 Å². The van der Waals surface area contributed by atoms with Crippen LogP contribution in [0, 0.1) is 12.8 Å². The fourth-order valence-corrected chi connectivity index (χ4v) is 5.02. The number of likely N-dealkylation sites (tertiary alicyclic amines) is 1. The third-order valence-corrected chi connectivity index (χ3v) is 7.08. The van der Waals surface area contributed by atoms with Crippen molar-refractivity contribution < 1.29 is 27.4 Å². The maximum atomic E-state index is 14.5. The van der Waals surface area contributed by atoms with Gasteiger partial charge in [-0.1, -0.05) is 90.5 Å². The third kappa shape index (κ3) is 6.05. The van der Waals surface area contributed by atoms with Crippen LogP contribution < -0.4 is 0 Å². The lowest BCUT2D eigenvalue weighted by molar-refractivity contribution is -0.279. The van der Waals surface area contributed by atoms with E-state index >= 15 is 0 Å². The van der Waals surface area contributed by atoms with Crippen LogP contribution in [0.15, 0.2) is 84.9 Å². The summed E-state index contributed by atoms with van der Waals surface area (Å²) >= 11 is 0. The van der Waals surface area contributed by atoms with Gasteiger partial charge >= 0.3 is 12.1 Å². The molecule has 3 atom stereocenters. The van der Waals surface area contributed by atoms with Crippen molar-refractivity contribution >= 4 is 5.97 Å². The van der Waals surface area contributed by atoms with Crippen molar-refractivity contribution in [2.45, 2.75) is 44.2 Å². The zero-order valence-electron chi connectivity index (χ0n) is 21.1. The molecule has 0 bridgehead atoms. The van der Waals surface area contributed by atoms with Crippen LogP contribution in [0.2, 0.25) is 0 Å². The topological polar surface area (TPSA) is 38.8 Å². The van der Waals surface area contributed by atoms with Crippen molar-refractivity contribution in [3.63, 3.8) is 0 Å². The molecule has 0 aliphatic carbocycles. The highest BCUT2D eigenvalue weighted by molar-refractivity contribution is 5.83. The molecule has 7 heteroatoms. The summed E-state index contributed by atoms with van der Waals surface area (Å²) in [5, 5.41) is 0. The van der Waals surface area contributed by atoms with Crippen LogP contribution in [0.1, 0.15) is 28.7 Å². The highest BCUT2D eigenvalue weighted by atomic mass is 19.4. The molecule has 1 fully saturated rings. The van der Waals surface area contributed by atoms with Crippen LogP contribution in [0.25, 0.3) is 0 Å². The number of esters is 1. The molecular weight excluding hydrogens is 479 g/mol. The molecular formula is C30H32F3NO3. The Hall–Kier alpha value is -3.16. The van der Waals surface area contributed by atoms with Gasteiger partial charge in [-0.25, -0.2) is 4.79 Å². The van der Waals surface area contributed by atoms with Gasteiger partial charge in [-0.2, -0.15) is 13.2 Å². The zero-order chi connectivity index (χ0) is 26.5. The molecule has 1 aliphatic rings. The van der Waals surface area contributed by atoms with Crippen LogP contribution in [0.4, 0.5) is 13.2 Å². The first kappa shape index (κ1) is 26.9. The lowest BCUT2D eigenvalue weighted by atomic mass is 9.86. The van der Waals surface area contributed by atoms with Gasteiger partial charge in [-0.05, 0) is 37.4 Å². The minimum Gasteiger partial charge on any atom is -0.458 e. The number of hydrogen-bond acceptors (Lipinski definition) is 4. The summed E-state index contributed by atoms with van der Waals surface area (Å²) in [5.74, 6) is -1.56. The largest absolute Gasteiger partial charge is 0.458 e. The van der Waals surface area contributed by atoms with Crippen molar-refractivity contribution in [3.05, 3.63) is 107 Å². The quantitative estimate of drug-likeness (QED) is 0.344. The summed E-state index contributed by atoms with van der Waals surface area (Å²) in [4.78, 5) is 15.6. The van der Waals surface area contributed by atoms with Gasteiger partial charge in [0.2, 0.25) is 0 Å². The number of aryl methyl sites for hydroxylation is 1. The number of alkyl halides is 3. The molecule has 37 heavy (non-hydrogen) atoms. The number of halogens is 3. The van der Waals surface area contributed by atoms with Crippen LogP contribution in [-0.2, 0) is 32.8 Å². The fraction of sp³-hybridized carbons (Fsp3) is 0.367. The highest BCUT2D eigenvalue weighted by Gasteiger charge is 2.64. The fourth-order valence-electron chi connectivity index (χ4n) is 5.02. The number of ether oxygens (including phenoxy) is 2. The van der Waals surface area contributed by atoms with Crippen molar-refractivity contribution in [1.82, 2.24) is 4.90 Å². The first-order valence-electron chi connectivity index (χ1n) is 12.4. The Morgan fingerprint density at radius 2 is 1.54 bits per heavy atom. The predicted octanol–water partition coefficient (Wildman–Crippen LogP) is 6.08. The molecule has 1 heterocycles. The molecule has 1 saturated heterocycles. The number of rotatable bonds is 8. The first-order valence-corrected chi connectivity index (χ1v) is 12.4. The minimum absolute atomic E-state index is 0.128. The van der Waals surface area contributed by atoms with Crippen molar-refractivity contribution in [1.29, 1.82) is 0 Å². The Labute approximate surface area is 216 Å². The van der Waals surface area contributed by atoms with E-state index in [0.29, 0.717) is 25.9 Å². The average Bonchev–Trinajstić information content (AvgIpc) is 2.88. The van der Waals surface area contributed by atoms with E-state index in [1.807, 2.05) is 61.5 Å². The Morgan fingerprint density at radius 3 is 2.14 bits per heavy atom. The number of benzene rings is 3. The number of carbonyl (C=O) groups excluding carboxylic acids is 1. The van der Waals surface area contributed by atoms with Crippen molar-refractivity contribution in [2.75, 3.05) is 20.2 Å². The maximum Gasteiger partial charge on any atom is 0.432 e. The highest BCUT2D eigenvalue weighted by Crippen LogP contribution is 2.43. The number of methoxy groups -OCH3 is 1. The van der Waals surface area contributed by atoms with Crippen molar-refractivity contribution in [3.8, 4) is 0 Å². The van der Waals surface area contributed by atoms with Gasteiger partial charge in [-0.3, -0.25) is 4.90 Å². The van der Waals surface area contributed by atoms with Crippen molar-refractivity contribution in [2.24, 2.45) is 5.92 Å². The van der Waals surface area contributed by atoms with Crippen LogP contribution in [0.5, 0.6) is 0 Å². The lowest BCUT2D eigenvalue weighted by Gasteiger charge is -2.40. The van der Waals surface area contributed by atoms with Crippen LogP contribution in [-0.4, -0.2) is 43.3 Å². The van der Waals surface area contributed by atoms with E-state index in [1.54, 1.807) is 6.07 Å². The molecule has 1 aliphatic heterocycles. The molecule has 0 aromatic heterocycles. The van der Waals surface area contributed by atoms with E-state index < -0.39 is 23.9 Å². The van der Waals surface area contributed by atoms with Crippen LogP contribution in [0.3, 0.4) is 0 Å². The second-order valence-corrected chi connectivity index (χ2v) is 9.65. The summed E-state index contributed by atoms with van der Waals surface area (Å²) < 4.78 is 54.2.